The molecule has 0 spiro atoms. The summed E-state index contributed by atoms with van der Waals surface area (Å²) in [6.45, 7) is 4.66. The average Bonchev–Trinajstić information content (AvgIpc) is 3.35. The molecule has 7 nitrogen and oxygen atoms in total. The predicted molar refractivity (Wildman–Crippen MR) is 167 cm³/mol. The Hall–Kier alpha value is -5.04. The van der Waals surface area contributed by atoms with Crippen LogP contribution in [0, 0.1) is 0 Å². The molecule has 224 valence electrons. The van der Waals surface area contributed by atoms with Crippen molar-refractivity contribution < 1.29 is 33.3 Å². The van der Waals surface area contributed by atoms with Crippen molar-refractivity contribution >= 4 is 17.8 Å². The zero-order valence-corrected chi connectivity index (χ0v) is 25.2. The van der Waals surface area contributed by atoms with Crippen LogP contribution in [0.1, 0.15) is 70.3 Å². The number of hydrogen-bond acceptors (Lipinski definition) is 7. The molecule has 0 aliphatic carbocycles. The fourth-order valence-corrected chi connectivity index (χ4v) is 5.69. The molecule has 1 atom stereocenters. The van der Waals surface area contributed by atoms with Gasteiger partial charge in [-0.25, -0.2) is 0 Å². The highest BCUT2D eigenvalue weighted by Crippen LogP contribution is 2.51. The molecule has 0 aromatic heterocycles. The highest BCUT2D eigenvalue weighted by atomic mass is 16.5. The van der Waals surface area contributed by atoms with Gasteiger partial charge in [0.05, 0.1) is 32.8 Å². The smallest absolute Gasteiger partial charge is 0.312 e. The van der Waals surface area contributed by atoms with E-state index in [-0.39, 0.29) is 23.9 Å². The quantitative estimate of drug-likeness (QED) is 0.113. The minimum atomic E-state index is -0.482. The largest absolute Gasteiger partial charge is 0.497 e. The Balaban J connectivity index is 1.34. The van der Waals surface area contributed by atoms with Gasteiger partial charge in [0.1, 0.15) is 17.2 Å². The maximum atomic E-state index is 13.5. The molecule has 6 rings (SSSR count). The summed E-state index contributed by atoms with van der Waals surface area (Å²) in [5.74, 6) is 2.21. The standard InChI is InChI=1S/C37H34O7/c1-22(2)25-12-8-24(9-13-25)20-32-35(39)28-16-17-30-34(37(28)44-32)29(21-33(38)43-30)27-6-5-7-31(41-4)36(27)42-19-18-23-10-14-26(40-3)15-11-23/h5-17,20,22,29H,18-19,21H2,1-4H3/b32-20-/t29-/m0/s1. The van der Waals surface area contributed by atoms with Crippen LogP contribution in [0.5, 0.6) is 28.7 Å². The van der Waals surface area contributed by atoms with Gasteiger partial charge in [-0.2, -0.15) is 0 Å². The van der Waals surface area contributed by atoms with E-state index < -0.39 is 5.92 Å². The molecule has 0 N–H and O–H groups in total. The number of allylic oxidation sites excluding steroid dienone is 1. The van der Waals surface area contributed by atoms with Gasteiger partial charge in [-0.05, 0) is 59.0 Å². The molecule has 0 saturated carbocycles. The van der Waals surface area contributed by atoms with Crippen molar-refractivity contribution in [2.75, 3.05) is 20.8 Å². The van der Waals surface area contributed by atoms with Crippen LogP contribution in [0.15, 0.2) is 84.6 Å². The van der Waals surface area contributed by atoms with Crippen LogP contribution in [0.3, 0.4) is 0 Å². The van der Waals surface area contributed by atoms with Crippen molar-refractivity contribution in [2.24, 2.45) is 0 Å². The van der Waals surface area contributed by atoms with Crippen molar-refractivity contribution in [2.45, 2.75) is 38.5 Å². The summed E-state index contributed by atoms with van der Waals surface area (Å²) in [7, 11) is 3.22. The van der Waals surface area contributed by atoms with Gasteiger partial charge >= 0.3 is 5.97 Å². The van der Waals surface area contributed by atoms with E-state index >= 15 is 0 Å². The molecule has 44 heavy (non-hydrogen) atoms. The van der Waals surface area contributed by atoms with E-state index in [0.717, 1.165) is 22.4 Å². The van der Waals surface area contributed by atoms with Gasteiger partial charge in [-0.15, -0.1) is 0 Å². The highest BCUT2D eigenvalue weighted by molar-refractivity contribution is 6.15. The maximum absolute atomic E-state index is 13.5. The topological polar surface area (TPSA) is 80.3 Å². The third-order valence-corrected chi connectivity index (χ3v) is 8.08. The lowest BCUT2D eigenvalue weighted by atomic mass is 9.84. The second-order valence-corrected chi connectivity index (χ2v) is 11.2. The van der Waals surface area contributed by atoms with Crippen LogP contribution < -0.4 is 23.7 Å². The minimum Gasteiger partial charge on any atom is -0.497 e. The zero-order valence-electron chi connectivity index (χ0n) is 25.2. The summed E-state index contributed by atoms with van der Waals surface area (Å²) in [5.41, 5.74) is 5.00. The molecule has 0 fully saturated rings. The molecule has 0 unspecified atom stereocenters. The first-order chi connectivity index (χ1) is 21.4. The van der Waals surface area contributed by atoms with Crippen LogP contribution in [-0.4, -0.2) is 32.6 Å². The van der Waals surface area contributed by atoms with Crippen LogP contribution in [-0.2, 0) is 11.2 Å². The number of carbonyl (C=O) groups excluding carboxylic acids is 2. The highest BCUT2D eigenvalue weighted by Gasteiger charge is 2.39. The van der Waals surface area contributed by atoms with E-state index in [1.54, 1.807) is 32.4 Å². The summed E-state index contributed by atoms with van der Waals surface area (Å²) < 4.78 is 29.2. The molecule has 4 aromatic rings. The summed E-state index contributed by atoms with van der Waals surface area (Å²) in [6.07, 6.45) is 2.46. The molecule has 4 aromatic carbocycles. The van der Waals surface area contributed by atoms with Crippen LogP contribution in [0.2, 0.25) is 0 Å². The molecular formula is C37H34O7. The number of esters is 1. The van der Waals surface area contributed by atoms with Crippen LogP contribution in [0.25, 0.3) is 6.08 Å². The van der Waals surface area contributed by atoms with Crippen molar-refractivity contribution in [3.05, 3.63) is 118 Å². The van der Waals surface area contributed by atoms with Gasteiger partial charge in [0, 0.05) is 23.5 Å². The first kappa shape index (κ1) is 29.1. The fraction of sp³-hybridized carbons (Fsp3) is 0.243. The minimum absolute atomic E-state index is 0.0543. The van der Waals surface area contributed by atoms with Crippen molar-refractivity contribution in [3.63, 3.8) is 0 Å². The number of benzene rings is 4. The van der Waals surface area contributed by atoms with E-state index in [4.69, 9.17) is 23.7 Å². The van der Waals surface area contributed by atoms with Gasteiger partial charge in [-0.1, -0.05) is 62.4 Å². The van der Waals surface area contributed by atoms with Gasteiger partial charge in [0.15, 0.2) is 17.3 Å². The number of rotatable bonds is 9. The summed E-state index contributed by atoms with van der Waals surface area (Å²) in [5, 5.41) is 0. The molecule has 0 bridgehead atoms. The average molecular weight is 591 g/mol. The molecular weight excluding hydrogens is 556 g/mol. The third kappa shape index (κ3) is 5.65. The predicted octanol–water partition coefficient (Wildman–Crippen LogP) is 7.51. The van der Waals surface area contributed by atoms with Crippen molar-refractivity contribution in [1.82, 2.24) is 0 Å². The second kappa shape index (κ2) is 12.3. The number of hydrogen-bond donors (Lipinski definition) is 0. The Morgan fingerprint density at radius 3 is 2.36 bits per heavy atom. The Morgan fingerprint density at radius 2 is 1.66 bits per heavy atom. The summed E-state index contributed by atoms with van der Waals surface area (Å²) in [4.78, 5) is 26.3. The number of para-hydroxylation sites is 1. The van der Waals surface area contributed by atoms with E-state index in [1.165, 1.54) is 5.56 Å². The number of ketones is 1. The first-order valence-electron chi connectivity index (χ1n) is 14.7. The van der Waals surface area contributed by atoms with Crippen LogP contribution in [0.4, 0.5) is 0 Å². The normalized spacial score (nSPS) is 16.3. The SMILES string of the molecule is COc1ccc(CCOc2c(OC)cccc2[C@@H]2CC(=O)Oc3ccc4c(c32)O/C(=C\c2ccc(C(C)C)cc2)C4=O)cc1. The van der Waals surface area contributed by atoms with E-state index in [2.05, 4.69) is 26.0 Å². The Bertz CT molecular complexity index is 1730. The molecule has 2 aliphatic heterocycles. The molecule has 0 saturated heterocycles. The number of Topliss-reactive ketones (excluding diaryl/α,β-unsaturated/α-hetero) is 1. The molecule has 2 aliphatic rings. The van der Waals surface area contributed by atoms with E-state index in [0.29, 0.717) is 53.1 Å². The monoisotopic (exact) mass is 590 g/mol. The number of methoxy groups -OCH3 is 2. The molecule has 0 radical (unpaired) electrons. The van der Waals surface area contributed by atoms with E-state index in [9.17, 15) is 9.59 Å². The van der Waals surface area contributed by atoms with Crippen LogP contribution >= 0.6 is 0 Å². The lowest BCUT2D eigenvalue weighted by Crippen LogP contribution is -2.22. The Kier molecular flexibility index (Phi) is 8.11. The van der Waals surface area contributed by atoms with Crippen molar-refractivity contribution in [1.29, 1.82) is 0 Å². The summed E-state index contributed by atoms with van der Waals surface area (Å²) in [6, 6.07) is 24.8. The lowest BCUT2D eigenvalue weighted by Gasteiger charge is -2.28. The van der Waals surface area contributed by atoms with Gasteiger partial charge in [-0.3, -0.25) is 9.59 Å². The number of fused-ring (bicyclic) bond motifs is 3. The van der Waals surface area contributed by atoms with Gasteiger partial charge in [0.25, 0.3) is 0 Å². The molecule has 7 heteroatoms. The second-order valence-electron chi connectivity index (χ2n) is 11.2. The molecule has 2 heterocycles. The molecule has 0 amide bonds. The third-order valence-electron chi connectivity index (χ3n) is 8.08. The number of carbonyl (C=O) groups is 2. The Labute approximate surface area is 257 Å². The number of ether oxygens (including phenoxy) is 5. The Morgan fingerprint density at radius 1 is 0.886 bits per heavy atom. The van der Waals surface area contributed by atoms with Crippen molar-refractivity contribution in [3.8, 4) is 28.7 Å². The van der Waals surface area contributed by atoms with Gasteiger partial charge < -0.3 is 23.7 Å². The lowest BCUT2D eigenvalue weighted by molar-refractivity contribution is -0.135. The summed E-state index contributed by atoms with van der Waals surface area (Å²) >= 11 is 0. The first-order valence-corrected chi connectivity index (χ1v) is 14.7. The fourth-order valence-electron chi connectivity index (χ4n) is 5.69. The van der Waals surface area contributed by atoms with Gasteiger partial charge in [0.2, 0.25) is 5.78 Å². The maximum Gasteiger partial charge on any atom is 0.312 e. The van der Waals surface area contributed by atoms with E-state index in [1.807, 2.05) is 54.6 Å². The zero-order chi connectivity index (χ0) is 30.8.